The van der Waals surface area contributed by atoms with E-state index >= 15 is 0 Å². The van der Waals surface area contributed by atoms with Crippen molar-refractivity contribution in [1.29, 1.82) is 5.26 Å². The van der Waals surface area contributed by atoms with Crippen molar-refractivity contribution in [2.75, 3.05) is 0 Å². The zero-order valence-corrected chi connectivity index (χ0v) is 22.0. The Balaban J connectivity index is 1.31. The molecule has 0 fully saturated rings. The van der Waals surface area contributed by atoms with Gasteiger partial charge < -0.3 is 0 Å². The summed E-state index contributed by atoms with van der Waals surface area (Å²) in [4.78, 5) is 14.6. The second-order valence-electron chi connectivity index (χ2n) is 10.4. The van der Waals surface area contributed by atoms with E-state index in [1.54, 1.807) is 6.20 Å². The fourth-order valence-corrected chi connectivity index (χ4v) is 6.07. The van der Waals surface area contributed by atoms with Gasteiger partial charge in [-0.3, -0.25) is 9.98 Å². The van der Waals surface area contributed by atoms with Crippen LogP contribution in [0.4, 0.5) is 5.69 Å². The fourth-order valence-electron chi connectivity index (χ4n) is 6.07. The summed E-state index contributed by atoms with van der Waals surface area (Å²) in [5.41, 5.74) is 14.7. The first-order valence-electron chi connectivity index (χ1n) is 13.6. The van der Waals surface area contributed by atoms with Crippen molar-refractivity contribution in [2.45, 2.75) is 5.92 Å². The molecule has 1 aliphatic heterocycles. The van der Waals surface area contributed by atoms with Gasteiger partial charge in [-0.1, -0.05) is 66.7 Å². The third kappa shape index (κ3) is 3.79. The van der Waals surface area contributed by atoms with Crippen LogP contribution >= 0.6 is 0 Å². The molecule has 8 rings (SSSR count). The molecule has 0 saturated heterocycles. The molecule has 6 aromatic rings. The Morgan fingerprint density at radius 2 is 1.32 bits per heavy atom. The number of aliphatic imine (C=N–C) groups is 1. The van der Waals surface area contributed by atoms with Crippen molar-refractivity contribution in [2.24, 2.45) is 4.99 Å². The van der Waals surface area contributed by atoms with E-state index in [1.807, 2.05) is 54.6 Å². The topological polar surface area (TPSA) is 61.9 Å². The maximum absolute atomic E-state index is 9.27. The molecule has 0 N–H and O–H groups in total. The van der Waals surface area contributed by atoms with Gasteiger partial charge in [-0.25, -0.2) is 4.98 Å². The molecule has 3 heterocycles. The highest BCUT2D eigenvalue weighted by Gasteiger charge is 2.36. The molecule has 0 bridgehead atoms. The molecule has 1 aliphatic carbocycles. The third-order valence-electron chi connectivity index (χ3n) is 8.03. The number of nitriles is 1. The Morgan fingerprint density at radius 1 is 0.561 bits per heavy atom. The van der Waals surface area contributed by atoms with E-state index in [9.17, 15) is 5.26 Å². The van der Waals surface area contributed by atoms with Gasteiger partial charge in [0.15, 0.2) is 0 Å². The average molecular weight is 523 g/mol. The van der Waals surface area contributed by atoms with Crippen molar-refractivity contribution in [3.8, 4) is 51.0 Å². The monoisotopic (exact) mass is 522 g/mol. The second-order valence-corrected chi connectivity index (χ2v) is 10.4. The second kappa shape index (κ2) is 9.22. The Labute approximate surface area is 238 Å². The number of para-hydroxylation sites is 1. The minimum Gasteiger partial charge on any atom is -0.255 e. The lowest BCUT2D eigenvalue weighted by molar-refractivity contribution is 1.10. The number of nitrogens with zero attached hydrogens (tertiary/aromatic N) is 4. The van der Waals surface area contributed by atoms with Gasteiger partial charge in [0, 0.05) is 17.3 Å². The molecular formula is C37H22N4. The Morgan fingerprint density at radius 3 is 2.17 bits per heavy atom. The lowest BCUT2D eigenvalue weighted by Gasteiger charge is -2.28. The SMILES string of the molecule is N#Cc1ccc(-c2ccc3c(c2)-c2cc(-c4cccc(-c5ccccn5)n4)ccc2C2=Nc4ccccc4C23)cc1. The maximum atomic E-state index is 9.27. The molecular weight excluding hydrogens is 500 g/mol. The Kier molecular flexibility index (Phi) is 5.23. The molecule has 1 unspecified atom stereocenters. The van der Waals surface area contributed by atoms with Crippen molar-refractivity contribution < 1.29 is 0 Å². The first kappa shape index (κ1) is 23.2. The zero-order valence-electron chi connectivity index (χ0n) is 22.0. The molecule has 4 aromatic carbocycles. The predicted molar refractivity (Wildman–Crippen MR) is 163 cm³/mol. The summed E-state index contributed by atoms with van der Waals surface area (Å²) in [6, 6.07) is 43.8. The highest BCUT2D eigenvalue weighted by atomic mass is 14.8. The number of hydrogen-bond acceptors (Lipinski definition) is 4. The van der Waals surface area contributed by atoms with Gasteiger partial charge in [0.25, 0.3) is 0 Å². The van der Waals surface area contributed by atoms with Crippen LogP contribution in [-0.4, -0.2) is 15.7 Å². The van der Waals surface area contributed by atoms with E-state index in [2.05, 4.69) is 77.8 Å². The summed E-state index contributed by atoms with van der Waals surface area (Å²) < 4.78 is 0. The van der Waals surface area contributed by atoms with Crippen molar-refractivity contribution in [3.63, 3.8) is 0 Å². The van der Waals surface area contributed by atoms with Gasteiger partial charge in [0.1, 0.15) is 0 Å². The number of hydrogen-bond donors (Lipinski definition) is 0. The number of benzene rings is 4. The lowest BCUT2D eigenvalue weighted by atomic mass is 9.74. The van der Waals surface area contributed by atoms with Crippen molar-refractivity contribution in [3.05, 3.63) is 150 Å². The molecule has 2 aromatic heterocycles. The van der Waals surface area contributed by atoms with E-state index in [0.29, 0.717) is 5.56 Å². The molecule has 0 radical (unpaired) electrons. The third-order valence-corrected chi connectivity index (χ3v) is 8.03. The zero-order chi connectivity index (χ0) is 27.3. The van der Waals surface area contributed by atoms with E-state index in [4.69, 9.17) is 9.98 Å². The summed E-state index contributed by atoms with van der Waals surface area (Å²) in [7, 11) is 0. The fraction of sp³-hybridized carbons (Fsp3) is 0.0270. The minimum absolute atomic E-state index is 0.0974. The van der Waals surface area contributed by atoms with Crippen molar-refractivity contribution >= 4 is 11.4 Å². The van der Waals surface area contributed by atoms with Crippen LogP contribution in [0.25, 0.3) is 44.9 Å². The Hall–Kier alpha value is -5.66. The molecule has 0 spiro atoms. The van der Waals surface area contributed by atoms with Gasteiger partial charge in [0.2, 0.25) is 0 Å². The maximum Gasteiger partial charge on any atom is 0.0991 e. The van der Waals surface area contributed by atoms with Gasteiger partial charge in [-0.15, -0.1) is 0 Å². The summed E-state index contributed by atoms with van der Waals surface area (Å²) in [6.07, 6.45) is 1.79. The molecule has 0 saturated carbocycles. The summed E-state index contributed by atoms with van der Waals surface area (Å²) in [5.74, 6) is 0.0974. The number of aromatic nitrogens is 2. The van der Waals surface area contributed by atoms with Crippen LogP contribution < -0.4 is 0 Å². The van der Waals surface area contributed by atoms with Crippen molar-refractivity contribution in [1.82, 2.24) is 9.97 Å². The molecule has 2 aliphatic rings. The van der Waals surface area contributed by atoms with Crippen LogP contribution in [0.15, 0.2) is 133 Å². The van der Waals surface area contributed by atoms with Crippen LogP contribution in [0.1, 0.15) is 28.2 Å². The highest BCUT2D eigenvalue weighted by molar-refractivity contribution is 6.18. The van der Waals surface area contributed by atoms with Crippen LogP contribution in [0.2, 0.25) is 0 Å². The van der Waals surface area contributed by atoms with E-state index in [1.165, 1.54) is 16.7 Å². The van der Waals surface area contributed by atoms with Crippen LogP contribution in [-0.2, 0) is 0 Å². The predicted octanol–water partition coefficient (Wildman–Crippen LogP) is 8.60. The number of fused-ring (bicyclic) bond motifs is 8. The molecule has 41 heavy (non-hydrogen) atoms. The van der Waals surface area contributed by atoms with Crippen LogP contribution in [0.3, 0.4) is 0 Å². The molecule has 1 atom stereocenters. The number of rotatable bonds is 3. The van der Waals surface area contributed by atoms with Crippen LogP contribution in [0.5, 0.6) is 0 Å². The minimum atomic E-state index is 0.0974. The molecule has 4 nitrogen and oxygen atoms in total. The lowest BCUT2D eigenvalue weighted by Crippen LogP contribution is -2.18. The smallest absolute Gasteiger partial charge is 0.0991 e. The standard InChI is InChI=1S/C37H22N4/c38-22-23-11-13-24(14-12-23)25-15-17-27-30(20-25)31-21-26(32-9-5-10-35(40-32)34-8-3-4-19-39-34)16-18-28(31)37-36(27)29-6-1-2-7-33(29)41-37/h1-21,36H. The largest absolute Gasteiger partial charge is 0.255 e. The van der Waals surface area contributed by atoms with E-state index < -0.39 is 0 Å². The van der Waals surface area contributed by atoms with Gasteiger partial charge in [-0.2, -0.15) is 5.26 Å². The van der Waals surface area contributed by atoms with Gasteiger partial charge >= 0.3 is 0 Å². The summed E-state index contributed by atoms with van der Waals surface area (Å²) in [5, 5.41) is 9.27. The average Bonchev–Trinajstić information content (AvgIpc) is 3.45. The number of pyridine rings is 2. The summed E-state index contributed by atoms with van der Waals surface area (Å²) >= 11 is 0. The normalized spacial score (nSPS) is 14.2. The molecule has 4 heteroatoms. The van der Waals surface area contributed by atoms with Gasteiger partial charge in [-0.05, 0) is 88.0 Å². The van der Waals surface area contributed by atoms with E-state index in [0.717, 1.165) is 56.3 Å². The highest BCUT2D eigenvalue weighted by Crippen LogP contribution is 2.50. The quantitative estimate of drug-likeness (QED) is 0.234. The summed E-state index contributed by atoms with van der Waals surface area (Å²) in [6.45, 7) is 0. The first-order valence-corrected chi connectivity index (χ1v) is 13.6. The first-order chi connectivity index (χ1) is 20.3. The van der Waals surface area contributed by atoms with E-state index in [-0.39, 0.29) is 5.92 Å². The Bertz CT molecular complexity index is 2050. The van der Waals surface area contributed by atoms with Crippen LogP contribution in [0, 0.1) is 11.3 Å². The molecule has 190 valence electrons. The molecule has 0 amide bonds. The van der Waals surface area contributed by atoms with Gasteiger partial charge in [0.05, 0.1) is 46.0 Å².